The molecule has 0 spiro atoms. The summed E-state index contributed by atoms with van der Waals surface area (Å²) < 4.78 is 10.4. The van der Waals surface area contributed by atoms with Gasteiger partial charge in [-0.3, -0.25) is 4.90 Å². The van der Waals surface area contributed by atoms with E-state index < -0.39 is 24.0 Å². The number of nitrogens with zero attached hydrogens (tertiary/aromatic N) is 1. The highest BCUT2D eigenvalue weighted by Crippen LogP contribution is 2.35. The Hall–Kier alpha value is -3.03. The van der Waals surface area contributed by atoms with Crippen LogP contribution in [0.3, 0.4) is 0 Å². The maximum atomic E-state index is 13.1. The van der Waals surface area contributed by atoms with Crippen LogP contribution >= 0.6 is 23.2 Å². The molecule has 0 unspecified atom stereocenters. The summed E-state index contributed by atoms with van der Waals surface area (Å²) in [7, 11) is 0. The van der Waals surface area contributed by atoms with Crippen LogP contribution in [0.15, 0.2) is 59.8 Å². The van der Waals surface area contributed by atoms with Gasteiger partial charge in [-0.2, -0.15) is 0 Å². The molecule has 0 bridgehead atoms. The highest BCUT2D eigenvalue weighted by atomic mass is 35.5. The van der Waals surface area contributed by atoms with Crippen LogP contribution in [-0.4, -0.2) is 31.2 Å². The topological polar surface area (TPSA) is 84.9 Å². The Labute approximate surface area is 189 Å². The fourth-order valence-corrected chi connectivity index (χ4v) is 3.44. The molecule has 9 heteroatoms. The third kappa shape index (κ3) is 4.84. The molecule has 7 nitrogen and oxygen atoms in total. The van der Waals surface area contributed by atoms with E-state index in [1.165, 1.54) is 0 Å². The van der Waals surface area contributed by atoms with E-state index in [1.54, 1.807) is 62.4 Å². The lowest BCUT2D eigenvalue weighted by Crippen LogP contribution is -2.51. The Bertz CT molecular complexity index is 1020. The number of amides is 2. The standard InChI is InChI=1S/C22H20Cl2N2O5/c1-3-30-20(27)17-18(13-5-7-14(23)8-6-13)25-22(29)26(19(17)21(28)31-4-2)16-11-9-15(24)10-12-16/h5-12,18H,3-4H2,1-2H3,(H,25,29)/t18-/m1/s1. The fraction of sp³-hybridized carbons (Fsp3) is 0.227. The number of hydrogen-bond acceptors (Lipinski definition) is 5. The second-order valence-electron chi connectivity index (χ2n) is 6.45. The third-order valence-corrected chi connectivity index (χ3v) is 4.99. The van der Waals surface area contributed by atoms with Gasteiger partial charge in [0.25, 0.3) is 0 Å². The zero-order valence-corrected chi connectivity index (χ0v) is 18.4. The summed E-state index contributed by atoms with van der Waals surface area (Å²) in [4.78, 5) is 40.2. The van der Waals surface area contributed by atoms with Crippen molar-refractivity contribution in [3.8, 4) is 0 Å². The average molecular weight is 463 g/mol. The molecule has 31 heavy (non-hydrogen) atoms. The van der Waals surface area contributed by atoms with E-state index in [0.29, 0.717) is 21.3 Å². The minimum absolute atomic E-state index is 0.0443. The zero-order valence-electron chi connectivity index (χ0n) is 16.9. The van der Waals surface area contributed by atoms with Gasteiger partial charge in [0.2, 0.25) is 0 Å². The summed E-state index contributed by atoms with van der Waals surface area (Å²) in [6, 6.07) is 11.3. The number of rotatable bonds is 6. The van der Waals surface area contributed by atoms with E-state index in [2.05, 4.69) is 5.32 Å². The number of urea groups is 1. The van der Waals surface area contributed by atoms with Gasteiger partial charge in [0.05, 0.1) is 30.5 Å². The van der Waals surface area contributed by atoms with Crippen molar-refractivity contribution in [2.45, 2.75) is 19.9 Å². The van der Waals surface area contributed by atoms with E-state index in [4.69, 9.17) is 32.7 Å². The maximum absolute atomic E-state index is 13.1. The van der Waals surface area contributed by atoms with Gasteiger partial charge in [-0.05, 0) is 55.8 Å². The molecule has 1 N–H and O–H groups in total. The van der Waals surface area contributed by atoms with E-state index in [1.807, 2.05) is 0 Å². The lowest BCUT2D eigenvalue weighted by molar-refractivity contribution is -0.142. The van der Waals surface area contributed by atoms with Crippen molar-refractivity contribution < 1.29 is 23.9 Å². The minimum atomic E-state index is -0.938. The lowest BCUT2D eigenvalue weighted by Gasteiger charge is -2.35. The zero-order chi connectivity index (χ0) is 22.5. The second-order valence-corrected chi connectivity index (χ2v) is 7.32. The van der Waals surface area contributed by atoms with Gasteiger partial charge in [0.15, 0.2) is 0 Å². The SMILES string of the molecule is CCOC(=O)C1=C(C(=O)OCC)N(c2ccc(Cl)cc2)C(=O)N[C@@H]1c1ccc(Cl)cc1. The van der Waals surface area contributed by atoms with Crippen LogP contribution in [0, 0.1) is 0 Å². The van der Waals surface area contributed by atoms with Crippen molar-refractivity contribution in [3.63, 3.8) is 0 Å². The van der Waals surface area contributed by atoms with Crippen LogP contribution in [0.1, 0.15) is 25.5 Å². The smallest absolute Gasteiger partial charge is 0.356 e. The normalized spacial score (nSPS) is 16.1. The highest BCUT2D eigenvalue weighted by molar-refractivity contribution is 6.31. The molecule has 1 aliphatic rings. The lowest BCUT2D eigenvalue weighted by atomic mass is 9.94. The summed E-state index contributed by atoms with van der Waals surface area (Å²) in [5.74, 6) is -1.57. The van der Waals surface area contributed by atoms with E-state index in [0.717, 1.165) is 4.90 Å². The van der Waals surface area contributed by atoms with Crippen LogP contribution in [0.4, 0.5) is 10.5 Å². The van der Waals surface area contributed by atoms with Gasteiger partial charge in [0.1, 0.15) is 5.70 Å². The van der Waals surface area contributed by atoms with E-state index in [-0.39, 0.29) is 24.5 Å². The Morgan fingerprint density at radius 3 is 1.97 bits per heavy atom. The number of carbonyl (C=O) groups excluding carboxylic acids is 3. The Balaban J connectivity index is 2.26. The Kier molecular flexibility index (Phi) is 7.20. The monoisotopic (exact) mass is 462 g/mol. The predicted molar refractivity (Wildman–Crippen MR) is 117 cm³/mol. The molecule has 0 aromatic heterocycles. The molecule has 0 fully saturated rings. The summed E-state index contributed by atoms with van der Waals surface area (Å²) in [5.41, 5.74) is 0.628. The highest BCUT2D eigenvalue weighted by Gasteiger charge is 2.42. The van der Waals surface area contributed by atoms with Gasteiger partial charge in [-0.25, -0.2) is 14.4 Å². The molecule has 1 aliphatic heterocycles. The molecule has 0 radical (unpaired) electrons. The van der Waals surface area contributed by atoms with Crippen LogP contribution in [-0.2, 0) is 19.1 Å². The third-order valence-electron chi connectivity index (χ3n) is 4.49. The number of esters is 2. The number of halogens is 2. The summed E-state index contributed by atoms with van der Waals surface area (Å²) in [6.07, 6.45) is 0. The molecule has 2 aromatic rings. The molecule has 3 rings (SSSR count). The van der Waals surface area contributed by atoms with Gasteiger partial charge in [0, 0.05) is 10.0 Å². The largest absolute Gasteiger partial charge is 0.463 e. The van der Waals surface area contributed by atoms with Crippen LogP contribution < -0.4 is 10.2 Å². The van der Waals surface area contributed by atoms with Crippen LogP contribution in [0.5, 0.6) is 0 Å². The van der Waals surface area contributed by atoms with Gasteiger partial charge >= 0.3 is 18.0 Å². The fourth-order valence-electron chi connectivity index (χ4n) is 3.18. The number of benzene rings is 2. The average Bonchev–Trinajstić information content (AvgIpc) is 2.74. The first-order valence-electron chi connectivity index (χ1n) is 9.57. The van der Waals surface area contributed by atoms with Crippen molar-refractivity contribution >= 4 is 46.9 Å². The molecular weight excluding hydrogens is 443 g/mol. The predicted octanol–water partition coefficient (Wildman–Crippen LogP) is 4.64. The number of nitrogens with one attached hydrogen (secondary N) is 1. The van der Waals surface area contributed by atoms with Crippen LogP contribution in [0.2, 0.25) is 10.0 Å². The molecule has 0 saturated heterocycles. The quantitative estimate of drug-likeness (QED) is 0.631. The molecular formula is C22H20Cl2N2O5. The van der Waals surface area contributed by atoms with E-state index in [9.17, 15) is 14.4 Å². The Morgan fingerprint density at radius 2 is 1.42 bits per heavy atom. The second kappa shape index (κ2) is 9.85. The van der Waals surface area contributed by atoms with Crippen molar-refractivity contribution in [2.75, 3.05) is 18.1 Å². The van der Waals surface area contributed by atoms with Gasteiger partial charge in [-0.1, -0.05) is 35.3 Å². The summed E-state index contributed by atoms with van der Waals surface area (Å²) in [5, 5.41) is 3.71. The first kappa shape index (κ1) is 22.7. The Morgan fingerprint density at radius 1 is 0.903 bits per heavy atom. The molecule has 2 amide bonds. The number of ether oxygens (including phenoxy) is 2. The molecule has 162 valence electrons. The summed E-state index contributed by atoms with van der Waals surface area (Å²) in [6.45, 7) is 3.42. The molecule has 0 aliphatic carbocycles. The van der Waals surface area contributed by atoms with Crippen molar-refractivity contribution in [2.24, 2.45) is 0 Å². The summed E-state index contributed by atoms with van der Waals surface area (Å²) >= 11 is 11.9. The molecule has 1 heterocycles. The van der Waals surface area contributed by atoms with E-state index >= 15 is 0 Å². The molecule has 1 atom stereocenters. The van der Waals surface area contributed by atoms with Gasteiger partial charge < -0.3 is 14.8 Å². The first-order valence-corrected chi connectivity index (χ1v) is 10.3. The van der Waals surface area contributed by atoms with Crippen molar-refractivity contribution in [3.05, 3.63) is 75.4 Å². The minimum Gasteiger partial charge on any atom is -0.463 e. The number of anilines is 1. The van der Waals surface area contributed by atoms with Gasteiger partial charge in [-0.15, -0.1) is 0 Å². The molecule has 2 aromatic carbocycles. The number of carbonyl (C=O) groups is 3. The van der Waals surface area contributed by atoms with Crippen LogP contribution in [0.25, 0.3) is 0 Å². The van der Waals surface area contributed by atoms with Crippen molar-refractivity contribution in [1.82, 2.24) is 5.32 Å². The van der Waals surface area contributed by atoms with Crippen molar-refractivity contribution in [1.29, 1.82) is 0 Å². The first-order chi connectivity index (χ1) is 14.9. The maximum Gasteiger partial charge on any atom is 0.356 e. The number of hydrogen-bond donors (Lipinski definition) is 1. The molecule has 0 saturated carbocycles.